The Labute approximate surface area is 183 Å². The molecule has 0 radical (unpaired) electrons. The van der Waals surface area contributed by atoms with Crippen molar-refractivity contribution in [1.29, 1.82) is 0 Å². The van der Waals surface area contributed by atoms with Crippen molar-refractivity contribution in [2.75, 3.05) is 6.79 Å². The molecule has 0 atom stereocenters. The smallest absolute Gasteiger partial charge is 0.231 e. The number of benzene rings is 2. The average molecular weight is 440 g/mol. The molecule has 0 amide bonds. The normalized spacial score (nSPS) is 14.4. The molecule has 2 aromatic heterocycles. The standard InChI is InChI=1S/C24H18FNO2S.ClH/c25-16-5-3-4-14(10-16)18-12-19(15-8-9-20-21(11-15)28-13-27-20)26-24-23(18)17-6-1-2-7-22(17)29-24;/h3-5,8-12H,1-2,6-7,13H2;1H. The lowest BCUT2D eigenvalue weighted by atomic mass is 9.92. The Balaban J connectivity index is 0.00000193. The predicted octanol–water partition coefficient (Wildman–Crippen LogP) is 6.80. The van der Waals surface area contributed by atoms with Gasteiger partial charge < -0.3 is 9.47 Å². The van der Waals surface area contributed by atoms with E-state index in [0.29, 0.717) is 0 Å². The van der Waals surface area contributed by atoms with Gasteiger partial charge in [0.05, 0.1) is 5.69 Å². The van der Waals surface area contributed by atoms with E-state index in [1.807, 2.05) is 24.3 Å². The van der Waals surface area contributed by atoms with Gasteiger partial charge >= 0.3 is 0 Å². The molecule has 0 fully saturated rings. The lowest BCUT2D eigenvalue weighted by Gasteiger charge is -2.13. The topological polar surface area (TPSA) is 31.4 Å². The maximum Gasteiger partial charge on any atom is 0.231 e. The van der Waals surface area contributed by atoms with Gasteiger partial charge in [0.25, 0.3) is 0 Å². The molecule has 0 saturated carbocycles. The van der Waals surface area contributed by atoms with Crippen LogP contribution >= 0.6 is 23.7 Å². The van der Waals surface area contributed by atoms with E-state index in [9.17, 15) is 4.39 Å². The maximum atomic E-state index is 14.0. The van der Waals surface area contributed by atoms with Gasteiger partial charge in [-0.3, -0.25) is 0 Å². The Kier molecular flexibility index (Phi) is 4.88. The Bertz CT molecular complexity index is 1270. The average Bonchev–Trinajstić information content (AvgIpc) is 3.36. The van der Waals surface area contributed by atoms with Gasteiger partial charge in [-0.15, -0.1) is 23.7 Å². The van der Waals surface area contributed by atoms with Crippen molar-refractivity contribution in [3.05, 3.63) is 64.8 Å². The molecule has 2 aliphatic rings. The molecule has 1 aliphatic heterocycles. The predicted molar refractivity (Wildman–Crippen MR) is 120 cm³/mol. The van der Waals surface area contributed by atoms with Crippen LogP contribution in [0, 0.1) is 5.82 Å². The summed E-state index contributed by atoms with van der Waals surface area (Å²) < 4.78 is 25.0. The van der Waals surface area contributed by atoms with Crippen LogP contribution in [-0.2, 0) is 12.8 Å². The maximum absolute atomic E-state index is 14.0. The van der Waals surface area contributed by atoms with Crippen LogP contribution in [0.4, 0.5) is 4.39 Å². The van der Waals surface area contributed by atoms with E-state index >= 15 is 0 Å². The van der Waals surface area contributed by atoms with Crippen LogP contribution in [0.25, 0.3) is 32.6 Å². The molecule has 6 heteroatoms. The van der Waals surface area contributed by atoms with Gasteiger partial charge in [-0.05, 0) is 78.8 Å². The first-order valence-corrected chi connectivity index (χ1v) is 10.7. The molecule has 1 aliphatic carbocycles. The van der Waals surface area contributed by atoms with E-state index in [1.165, 1.54) is 34.7 Å². The minimum atomic E-state index is -0.221. The van der Waals surface area contributed by atoms with Crippen molar-refractivity contribution in [1.82, 2.24) is 4.98 Å². The molecule has 3 nitrogen and oxygen atoms in total. The highest BCUT2D eigenvalue weighted by molar-refractivity contribution is 7.19. The number of fused-ring (bicyclic) bond motifs is 4. The summed E-state index contributed by atoms with van der Waals surface area (Å²) in [5.41, 5.74) is 5.20. The third kappa shape index (κ3) is 3.13. The number of thiophene rings is 1. The Morgan fingerprint density at radius 3 is 2.67 bits per heavy atom. The SMILES string of the molecule is Cl.Fc1cccc(-c2cc(-c3ccc4c(c3)OCO4)nc3sc4c(c23)CCCC4)c1. The molecular formula is C24H19ClFNO2S. The first-order valence-electron chi connectivity index (χ1n) is 9.87. The van der Waals surface area contributed by atoms with Gasteiger partial charge in [-0.25, -0.2) is 9.37 Å². The van der Waals surface area contributed by atoms with Crippen molar-refractivity contribution in [3.8, 4) is 33.9 Å². The first kappa shape index (κ1) is 19.3. The summed E-state index contributed by atoms with van der Waals surface area (Å²) in [5.74, 6) is 1.27. The van der Waals surface area contributed by atoms with Crippen LogP contribution in [0.15, 0.2) is 48.5 Å². The van der Waals surface area contributed by atoms with Gasteiger partial charge in [0.1, 0.15) is 10.6 Å². The number of ether oxygens (including phenoxy) is 2. The van der Waals surface area contributed by atoms with E-state index in [0.717, 1.165) is 51.6 Å². The molecule has 0 bridgehead atoms. The fraction of sp³-hybridized carbons (Fsp3) is 0.208. The van der Waals surface area contributed by atoms with E-state index in [-0.39, 0.29) is 25.0 Å². The van der Waals surface area contributed by atoms with Crippen LogP contribution in [0.1, 0.15) is 23.3 Å². The minimum absolute atomic E-state index is 0. The molecule has 0 unspecified atom stereocenters. The quantitative estimate of drug-likeness (QED) is 0.344. The number of pyridine rings is 1. The zero-order valence-corrected chi connectivity index (χ0v) is 17.7. The van der Waals surface area contributed by atoms with E-state index < -0.39 is 0 Å². The fourth-order valence-electron chi connectivity index (χ4n) is 4.35. The number of rotatable bonds is 2. The summed E-state index contributed by atoms with van der Waals surface area (Å²) in [4.78, 5) is 7.48. The zero-order valence-electron chi connectivity index (χ0n) is 16.1. The second-order valence-corrected chi connectivity index (χ2v) is 8.61. The number of aromatic nitrogens is 1. The molecule has 0 saturated heterocycles. The van der Waals surface area contributed by atoms with Crippen molar-refractivity contribution in [3.63, 3.8) is 0 Å². The summed E-state index contributed by atoms with van der Waals surface area (Å²) in [6, 6.07) is 14.9. The number of hydrogen-bond acceptors (Lipinski definition) is 4. The highest BCUT2D eigenvalue weighted by atomic mass is 35.5. The van der Waals surface area contributed by atoms with Crippen molar-refractivity contribution in [2.24, 2.45) is 0 Å². The Morgan fingerprint density at radius 2 is 1.77 bits per heavy atom. The third-order valence-electron chi connectivity index (χ3n) is 5.73. The summed E-state index contributed by atoms with van der Waals surface area (Å²) in [5, 5.41) is 1.19. The van der Waals surface area contributed by atoms with Crippen molar-refractivity contribution in [2.45, 2.75) is 25.7 Å². The van der Waals surface area contributed by atoms with Crippen LogP contribution in [0.3, 0.4) is 0 Å². The highest BCUT2D eigenvalue weighted by Crippen LogP contribution is 2.43. The molecule has 6 rings (SSSR count). The molecule has 0 spiro atoms. The molecule has 0 N–H and O–H groups in total. The summed E-state index contributed by atoms with van der Waals surface area (Å²) in [6.07, 6.45) is 4.61. The van der Waals surface area contributed by atoms with Gasteiger partial charge in [0.2, 0.25) is 6.79 Å². The van der Waals surface area contributed by atoms with Gasteiger partial charge in [-0.1, -0.05) is 12.1 Å². The highest BCUT2D eigenvalue weighted by Gasteiger charge is 2.22. The Hall–Kier alpha value is -2.63. The molecule has 152 valence electrons. The van der Waals surface area contributed by atoms with Gasteiger partial charge in [0, 0.05) is 15.8 Å². The van der Waals surface area contributed by atoms with E-state index in [4.69, 9.17) is 14.5 Å². The third-order valence-corrected chi connectivity index (χ3v) is 6.91. The van der Waals surface area contributed by atoms with E-state index in [1.54, 1.807) is 23.5 Å². The lowest BCUT2D eigenvalue weighted by Crippen LogP contribution is -1.99. The molecule has 3 heterocycles. The van der Waals surface area contributed by atoms with Gasteiger partial charge in [0.15, 0.2) is 11.5 Å². The molecular weight excluding hydrogens is 421 g/mol. The van der Waals surface area contributed by atoms with E-state index in [2.05, 4.69) is 6.07 Å². The Morgan fingerprint density at radius 1 is 0.900 bits per heavy atom. The monoisotopic (exact) mass is 439 g/mol. The lowest BCUT2D eigenvalue weighted by molar-refractivity contribution is 0.174. The van der Waals surface area contributed by atoms with Crippen LogP contribution in [0.2, 0.25) is 0 Å². The number of hydrogen-bond donors (Lipinski definition) is 0. The minimum Gasteiger partial charge on any atom is -0.454 e. The second-order valence-electron chi connectivity index (χ2n) is 7.52. The molecule has 2 aromatic carbocycles. The van der Waals surface area contributed by atoms with Crippen LogP contribution < -0.4 is 9.47 Å². The van der Waals surface area contributed by atoms with Crippen molar-refractivity contribution < 1.29 is 13.9 Å². The molecule has 30 heavy (non-hydrogen) atoms. The summed E-state index contributed by atoms with van der Waals surface area (Å²) in [7, 11) is 0. The number of aryl methyl sites for hydroxylation is 2. The second kappa shape index (κ2) is 7.56. The summed E-state index contributed by atoms with van der Waals surface area (Å²) >= 11 is 1.79. The number of nitrogens with zero attached hydrogens (tertiary/aromatic N) is 1. The molecule has 4 aromatic rings. The van der Waals surface area contributed by atoms with Gasteiger partial charge in [-0.2, -0.15) is 0 Å². The van der Waals surface area contributed by atoms with Crippen LogP contribution in [-0.4, -0.2) is 11.8 Å². The largest absolute Gasteiger partial charge is 0.454 e. The number of halogens is 2. The first-order chi connectivity index (χ1) is 14.3. The van der Waals surface area contributed by atoms with Crippen molar-refractivity contribution >= 4 is 34.0 Å². The van der Waals surface area contributed by atoms with Crippen LogP contribution in [0.5, 0.6) is 11.5 Å². The zero-order chi connectivity index (χ0) is 19.4. The summed E-state index contributed by atoms with van der Waals surface area (Å²) in [6.45, 7) is 0.247. The fourth-order valence-corrected chi connectivity index (χ4v) is 5.63.